The third kappa shape index (κ3) is 2.46. The van der Waals surface area contributed by atoms with Gasteiger partial charge in [-0.25, -0.2) is 0 Å². The zero-order chi connectivity index (χ0) is 8.27. The van der Waals surface area contributed by atoms with E-state index in [1.165, 1.54) is 0 Å². The second-order valence-electron chi connectivity index (χ2n) is 2.68. The van der Waals surface area contributed by atoms with E-state index < -0.39 is 0 Å². The molecule has 11 heavy (non-hydrogen) atoms. The van der Waals surface area contributed by atoms with Crippen LogP contribution < -0.4 is 0 Å². The van der Waals surface area contributed by atoms with Crippen LogP contribution >= 0.6 is 12.6 Å². The third-order valence-corrected chi connectivity index (χ3v) is 1.69. The zero-order valence-corrected chi connectivity index (χ0v) is 7.38. The summed E-state index contributed by atoms with van der Waals surface area (Å²) < 4.78 is 0. The summed E-state index contributed by atoms with van der Waals surface area (Å²) in [7, 11) is 0. The number of aromatic hydroxyl groups is 1. The molecule has 1 aromatic carbocycles. The molecule has 1 unspecified atom stereocenters. The zero-order valence-electron chi connectivity index (χ0n) is 6.49. The minimum atomic E-state index is 0.295. The van der Waals surface area contributed by atoms with E-state index in [0.29, 0.717) is 11.0 Å². The van der Waals surface area contributed by atoms with Crippen molar-refractivity contribution in [2.45, 2.75) is 18.6 Å². The van der Waals surface area contributed by atoms with Gasteiger partial charge in [0.1, 0.15) is 5.75 Å². The Kier molecular flexibility index (Phi) is 2.83. The van der Waals surface area contributed by atoms with Crippen LogP contribution in [0.3, 0.4) is 0 Å². The van der Waals surface area contributed by atoms with E-state index >= 15 is 0 Å². The van der Waals surface area contributed by atoms with Gasteiger partial charge in [0.15, 0.2) is 0 Å². The Morgan fingerprint density at radius 2 is 2.09 bits per heavy atom. The number of benzene rings is 1. The summed E-state index contributed by atoms with van der Waals surface area (Å²) in [6.45, 7) is 2.01. The SMILES string of the molecule is CC(S)Cc1ccccc1O. The molecular formula is C9H12OS. The van der Waals surface area contributed by atoms with Crippen molar-refractivity contribution in [2.24, 2.45) is 0 Å². The molecule has 0 aliphatic rings. The molecule has 0 spiro atoms. The maximum Gasteiger partial charge on any atom is 0.118 e. The lowest BCUT2D eigenvalue weighted by Gasteiger charge is -2.05. The van der Waals surface area contributed by atoms with E-state index in [2.05, 4.69) is 12.6 Å². The molecule has 60 valence electrons. The maximum absolute atomic E-state index is 9.33. The van der Waals surface area contributed by atoms with Gasteiger partial charge in [-0.1, -0.05) is 25.1 Å². The first kappa shape index (κ1) is 8.47. The van der Waals surface area contributed by atoms with Gasteiger partial charge in [-0.2, -0.15) is 12.6 Å². The predicted molar refractivity (Wildman–Crippen MR) is 50.3 cm³/mol. The van der Waals surface area contributed by atoms with E-state index in [1.807, 2.05) is 25.1 Å². The monoisotopic (exact) mass is 168 g/mol. The van der Waals surface area contributed by atoms with Crippen LogP contribution in [0.4, 0.5) is 0 Å². The normalized spacial score (nSPS) is 12.9. The molecule has 0 fully saturated rings. The first-order chi connectivity index (χ1) is 5.20. The standard InChI is InChI=1S/C9H12OS/c1-7(11)6-8-4-2-3-5-9(8)10/h2-5,7,10-11H,6H2,1H3. The van der Waals surface area contributed by atoms with Gasteiger partial charge in [0, 0.05) is 5.25 Å². The lowest BCUT2D eigenvalue weighted by Crippen LogP contribution is -1.96. The lowest BCUT2D eigenvalue weighted by molar-refractivity contribution is 0.468. The number of hydrogen-bond donors (Lipinski definition) is 2. The Morgan fingerprint density at radius 3 is 2.64 bits per heavy atom. The number of hydrogen-bond acceptors (Lipinski definition) is 2. The summed E-state index contributed by atoms with van der Waals surface area (Å²) >= 11 is 4.25. The largest absolute Gasteiger partial charge is 0.508 e. The number of para-hydroxylation sites is 1. The van der Waals surface area contributed by atoms with E-state index in [-0.39, 0.29) is 0 Å². The van der Waals surface area contributed by atoms with Gasteiger partial charge < -0.3 is 5.11 Å². The second-order valence-corrected chi connectivity index (χ2v) is 3.56. The molecule has 1 nitrogen and oxygen atoms in total. The fourth-order valence-electron chi connectivity index (χ4n) is 1.00. The average Bonchev–Trinajstić information content (AvgIpc) is 1.93. The molecule has 0 saturated carbocycles. The molecule has 0 saturated heterocycles. The topological polar surface area (TPSA) is 20.2 Å². The van der Waals surface area contributed by atoms with Crippen LogP contribution in [0.5, 0.6) is 5.75 Å². The number of phenols is 1. The third-order valence-electron chi connectivity index (χ3n) is 1.51. The Labute approximate surface area is 72.5 Å². The fraction of sp³-hybridized carbons (Fsp3) is 0.333. The van der Waals surface area contributed by atoms with E-state index in [1.54, 1.807) is 6.07 Å². The molecule has 0 aromatic heterocycles. The highest BCUT2D eigenvalue weighted by molar-refractivity contribution is 7.80. The molecule has 0 aliphatic carbocycles. The van der Waals surface area contributed by atoms with Gasteiger partial charge in [-0.15, -0.1) is 0 Å². The van der Waals surface area contributed by atoms with Crippen molar-refractivity contribution >= 4 is 12.6 Å². The highest BCUT2D eigenvalue weighted by Gasteiger charge is 2.01. The quantitative estimate of drug-likeness (QED) is 0.649. The fourth-order valence-corrected chi connectivity index (χ4v) is 1.20. The molecule has 0 amide bonds. The Bertz CT molecular complexity index is 233. The smallest absolute Gasteiger partial charge is 0.118 e. The van der Waals surface area contributed by atoms with Crippen LogP contribution in [0.2, 0.25) is 0 Å². The summed E-state index contributed by atoms with van der Waals surface area (Å²) in [6, 6.07) is 7.36. The summed E-state index contributed by atoms with van der Waals surface area (Å²) in [5.41, 5.74) is 0.968. The second kappa shape index (κ2) is 3.67. The number of thiol groups is 1. The lowest BCUT2D eigenvalue weighted by atomic mass is 10.1. The summed E-state index contributed by atoms with van der Waals surface area (Å²) in [6.07, 6.45) is 0.815. The van der Waals surface area contributed by atoms with Crippen molar-refractivity contribution in [3.8, 4) is 5.75 Å². The number of phenolic OH excluding ortho intramolecular Hbond substituents is 1. The minimum Gasteiger partial charge on any atom is -0.508 e. The molecule has 1 N–H and O–H groups in total. The highest BCUT2D eigenvalue weighted by atomic mass is 32.1. The molecular weight excluding hydrogens is 156 g/mol. The van der Waals surface area contributed by atoms with E-state index in [4.69, 9.17) is 0 Å². The molecule has 2 heteroatoms. The van der Waals surface area contributed by atoms with Gasteiger partial charge in [0.2, 0.25) is 0 Å². The molecule has 0 aliphatic heterocycles. The highest BCUT2D eigenvalue weighted by Crippen LogP contribution is 2.18. The molecule has 0 heterocycles. The van der Waals surface area contributed by atoms with E-state index in [0.717, 1.165) is 12.0 Å². The number of rotatable bonds is 2. The van der Waals surface area contributed by atoms with Crippen LogP contribution in [-0.2, 0) is 6.42 Å². The molecule has 1 aromatic rings. The van der Waals surface area contributed by atoms with Crippen molar-refractivity contribution < 1.29 is 5.11 Å². The Morgan fingerprint density at radius 1 is 1.45 bits per heavy atom. The van der Waals surface area contributed by atoms with Crippen molar-refractivity contribution in [3.63, 3.8) is 0 Å². The van der Waals surface area contributed by atoms with Crippen molar-refractivity contribution in [3.05, 3.63) is 29.8 Å². The Hall–Kier alpha value is -0.630. The Balaban J connectivity index is 2.78. The molecule has 0 bridgehead atoms. The van der Waals surface area contributed by atoms with Crippen molar-refractivity contribution in [1.82, 2.24) is 0 Å². The maximum atomic E-state index is 9.33. The minimum absolute atomic E-state index is 0.295. The first-order valence-electron chi connectivity index (χ1n) is 3.65. The summed E-state index contributed by atoms with van der Waals surface area (Å²) in [5, 5.41) is 9.62. The summed E-state index contributed by atoms with van der Waals surface area (Å²) in [5.74, 6) is 0.369. The van der Waals surface area contributed by atoms with Gasteiger partial charge >= 0.3 is 0 Å². The van der Waals surface area contributed by atoms with Crippen LogP contribution in [0.25, 0.3) is 0 Å². The van der Waals surface area contributed by atoms with Crippen LogP contribution in [-0.4, -0.2) is 10.4 Å². The van der Waals surface area contributed by atoms with E-state index in [9.17, 15) is 5.11 Å². The van der Waals surface area contributed by atoms with Gasteiger partial charge in [0.05, 0.1) is 0 Å². The first-order valence-corrected chi connectivity index (χ1v) is 4.16. The van der Waals surface area contributed by atoms with Gasteiger partial charge in [-0.05, 0) is 18.1 Å². The van der Waals surface area contributed by atoms with Crippen LogP contribution in [0, 0.1) is 0 Å². The van der Waals surface area contributed by atoms with Gasteiger partial charge in [-0.3, -0.25) is 0 Å². The van der Waals surface area contributed by atoms with Gasteiger partial charge in [0.25, 0.3) is 0 Å². The molecule has 1 atom stereocenters. The molecule has 0 radical (unpaired) electrons. The van der Waals surface area contributed by atoms with Crippen LogP contribution in [0.15, 0.2) is 24.3 Å². The summed E-state index contributed by atoms with van der Waals surface area (Å²) in [4.78, 5) is 0. The predicted octanol–water partition coefficient (Wildman–Crippen LogP) is 2.25. The van der Waals surface area contributed by atoms with Crippen molar-refractivity contribution in [1.29, 1.82) is 0 Å². The van der Waals surface area contributed by atoms with Crippen molar-refractivity contribution in [2.75, 3.05) is 0 Å². The van der Waals surface area contributed by atoms with Crippen LogP contribution in [0.1, 0.15) is 12.5 Å². The average molecular weight is 168 g/mol. The molecule has 1 rings (SSSR count).